The fourth-order valence-electron chi connectivity index (χ4n) is 3.20. The first kappa shape index (κ1) is 21.0. The van der Waals surface area contributed by atoms with Gasteiger partial charge in [-0.1, -0.05) is 41.0 Å². The van der Waals surface area contributed by atoms with E-state index in [-0.39, 0.29) is 18.3 Å². The summed E-state index contributed by atoms with van der Waals surface area (Å²) in [5, 5.41) is 11.8. The highest BCUT2D eigenvalue weighted by Crippen LogP contribution is 2.27. The van der Waals surface area contributed by atoms with Crippen molar-refractivity contribution < 1.29 is 13.9 Å². The third kappa shape index (κ3) is 5.47. The second kappa shape index (κ2) is 9.73. The predicted octanol–water partition coefficient (Wildman–Crippen LogP) is 5.57. The van der Waals surface area contributed by atoms with Gasteiger partial charge < -0.3 is 14.5 Å². The van der Waals surface area contributed by atoms with Gasteiger partial charge in [-0.25, -0.2) is 0 Å². The van der Waals surface area contributed by atoms with Crippen LogP contribution in [0.4, 0.5) is 5.69 Å². The zero-order valence-electron chi connectivity index (χ0n) is 16.0. The Kier molecular flexibility index (Phi) is 6.82. The van der Waals surface area contributed by atoms with Crippen molar-refractivity contribution in [1.82, 2.24) is 10.2 Å². The number of benzene rings is 2. The maximum atomic E-state index is 12.1. The highest BCUT2D eigenvalue weighted by Gasteiger charge is 2.13. The number of aryl methyl sites for hydroxylation is 2. The summed E-state index contributed by atoms with van der Waals surface area (Å²) < 4.78 is 11.3. The maximum absolute atomic E-state index is 12.1. The molecule has 0 atom stereocenters. The second-order valence-electron chi connectivity index (χ2n) is 6.85. The van der Waals surface area contributed by atoms with Gasteiger partial charge in [-0.05, 0) is 67.1 Å². The molecule has 1 N–H and O–H groups in total. The average Bonchev–Trinajstić information content (AvgIpc) is 3.20. The van der Waals surface area contributed by atoms with Crippen LogP contribution in [0.1, 0.15) is 29.9 Å². The normalized spacial score (nSPS) is 13.0. The number of carbonyl (C=O) groups is 1. The number of nitrogens with zero attached hydrogens (tertiary/aromatic N) is 2. The molecule has 1 aromatic heterocycles. The highest BCUT2D eigenvalue weighted by molar-refractivity contribution is 7.99. The maximum Gasteiger partial charge on any atom is 0.277 e. The number of nitrogens with one attached hydrogen (secondary N) is 1. The molecule has 0 radical (unpaired) electrons. The smallest absolute Gasteiger partial charge is 0.277 e. The number of aromatic nitrogens is 2. The lowest BCUT2D eigenvalue weighted by atomic mass is 9.92. The molecule has 9 heteroatoms. The van der Waals surface area contributed by atoms with Crippen molar-refractivity contribution in [2.24, 2.45) is 0 Å². The van der Waals surface area contributed by atoms with Crippen molar-refractivity contribution in [3.05, 3.63) is 63.5 Å². The Morgan fingerprint density at radius 1 is 1.10 bits per heavy atom. The van der Waals surface area contributed by atoms with E-state index in [1.807, 2.05) is 6.07 Å². The minimum Gasteiger partial charge on any atom is -0.484 e. The van der Waals surface area contributed by atoms with Crippen molar-refractivity contribution in [1.29, 1.82) is 0 Å². The molecule has 0 unspecified atom stereocenters. The lowest BCUT2D eigenvalue weighted by Gasteiger charge is -2.16. The lowest BCUT2D eigenvalue weighted by molar-refractivity contribution is -0.113. The van der Waals surface area contributed by atoms with Crippen LogP contribution in [0.5, 0.6) is 5.75 Å². The summed E-state index contributed by atoms with van der Waals surface area (Å²) in [5.41, 5.74) is 3.26. The molecule has 2 aromatic carbocycles. The molecule has 156 valence electrons. The number of rotatable bonds is 7. The van der Waals surface area contributed by atoms with Gasteiger partial charge in [0.1, 0.15) is 5.75 Å². The molecule has 3 aromatic rings. The first-order valence-electron chi connectivity index (χ1n) is 9.51. The molecule has 4 rings (SSSR count). The molecular weight excluding hydrogens is 445 g/mol. The molecule has 1 aliphatic carbocycles. The van der Waals surface area contributed by atoms with Crippen LogP contribution in [-0.2, 0) is 24.2 Å². The number of halogens is 2. The van der Waals surface area contributed by atoms with Gasteiger partial charge in [-0.2, -0.15) is 0 Å². The third-order valence-electron chi connectivity index (χ3n) is 4.66. The molecular formula is C21H19Cl2N3O3S. The number of amides is 1. The Morgan fingerprint density at radius 2 is 1.93 bits per heavy atom. The van der Waals surface area contributed by atoms with Gasteiger partial charge in [-0.15, -0.1) is 10.2 Å². The molecule has 1 heterocycles. The van der Waals surface area contributed by atoms with Crippen LogP contribution in [-0.4, -0.2) is 21.9 Å². The average molecular weight is 464 g/mol. The van der Waals surface area contributed by atoms with Crippen molar-refractivity contribution in [2.75, 3.05) is 11.1 Å². The van der Waals surface area contributed by atoms with E-state index in [4.69, 9.17) is 32.4 Å². The van der Waals surface area contributed by atoms with Gasteiger partial charge in [0.05, 0.1) is 16.5 Å². The van der Waals surface area contributed by atoms with Gasteiger partial charge in [-0.3, -0.25) is 4.79 Å². The molecule has 6 nitrogen and oxygen atoms in total. The molecule has 0 bridgehead atoms. The fourth-order valence-corrected chi connectivity index (χ4v) is 4.24. The van der Waals surface area contributed by atoms with E-state index >= 15 is 0 Å². The van der Waals surface area contributed by atoms with E-state index in [9.17, 15) is 4.79 Å². The van der Waals surface area contributed by atoms with Gasteiger partial charge in [0, 0.05) is 5.02 Å². The van der Waals surface area contributed by atoms with Crippen LogP contribution >= 0.6 is 35.0 Å². The van der Waals surface area contributed by atoms with E-state index in [0.717, 1.165) is 30.4 Å². The zero-order valence-corrected chi connectivity index (χ0v) is 18.3. The molecule has 0 saturated heterocycles. The van der Waals surface area contributed by atoms with Crippen molar-refractivity contribution in [3.63, 3.8) is 0 Å². The summed E-state index contributed by atoms with van der Waals surface area (Å²) in [6.45, 7) is 0.179. The van der Waals surface area contributed by atoms with Gasteiger partial charge in [0.2, 0.25) is 5.91 Å². The highest BCUT2D eigenvalue weighted by atomic mass is 35.5. The second-order valence-corrected chi connectivity index (χ2v) is 8.62. The summed E-state index contributed by atoms with van der Waals surface area (Å²) in [5.74, 6) is 1.01. The zero-order chi connectivity index (χ0) is 20.9. The largest absolute Gasteiger partial charge is 0.484 e. The number of ether oxygens (including phenoxy) is 1. The Bertz CT molecular complexity index is 1060. The number of thioether (sulfide) groups is 1. The molecule has 0 aliphatic heterocycles. The Labute approximate surface area is 188 Å². The minimum absolute atomic E-state index is 0.103. The van der Waals surface area contributed by atoms with Crippen LogP contribution in [0.2, 0.25) is 10.0 Å². The summed E-state index contributed by atoms with van der Waals surface area (Å²) in [6.07, 6.45) is 4.70. The van der Waals surface area contributed by atoms with E-state index in [1.54, 1.807) is 18.2 Å². The van der Waals surface area contributed by atoms with Crippen molar-refractivity contribution >= 4 is 46.6 Å². The van der Waals surface area contributed by atoms with Crippen LogP contribution in [0.25, 0.3) is 0 Å². The topological polar surface area (TPSA) is 77.2 Å². The van der Waals surface area contributed by atoms with E-state index in [1.165, 1.54) is 24.0 Å². The number of anilines is 1. The summed E-state index contributed by atoms with van der Waals surface area (Å²) in [4.78, 5) is 12.1. The van der Waals surface area contributed by atoms with Crippen molar-refractivity contribution in [2.45, 2.75) is 37.5 Å². The first-order chi connectivity index (χ1) is 14.6. The summed E-state index contributed by atoms with van der Waals surface area (Å²) >= 11 is 13.1. The fraction of sp³-hybridized carbons (Fsp3) is 0.286. The first-order valence-corrected chi connectivity index (χ1v) is 11.3. The minimum atomic E-state index is -0.241. The monoisotopic (exact) mass is 463 g/mol. The van der Waals surface area contributed by atoms with Crippen LogP contribution in [0.15, 0.2) is 46.0 Å². The van der Waals surface area contributed by atoms with Crippen LogP contribution < -0.4 is 10.1 Å². The standard InChI is InChI=1S/C21H19Cl2N3O3S/c22-15-6-8-18(17(23)10-15)24-19(27)12-30-21-26-25-20(29-21)11-28-16-7-5-13-3-1-2-4-14(13)9-16/h5-10H,1-4,11-12H2,(H,24,27). The lowest BCUT2D eigenvalue weighted by Crippen LogP contribution is -2.14. The molecule has 0 fully saturated rings. The summed E-state index contributed by atoms with van der Waals surface area (Å²) in [7, 11) is 0. The number of hydrogen-bond donors (Lipinski definition) is 1. The van der Waals surface area contributed by atoms with E-state index in [2.05, 4.69) is 27.6 Å². The predicted molar refractivity (Wildman–Crippen MR) is 118 cm³/mol. The Morgan fingerprint density at radius 3 is 2.77 bits per heavy atom. The van der Waals surface area contributed by atoms with Crippen molar-refractivity contribution in [3.8, 4) is 5.75 Å². The Hall–Kier alpha value is -2.22. The molecule has 1 aliphatic rings. The van der Waals surface area contributed by atoms with Crippen LogP contribution in [0.3, 0.4) is 0 Å². The number of fused-ring (bicyclic) bond motifs is 1. The molecule has 0 spiro atoms. The number of carbonyl (C=O) groups excluding carboxylic acids is 1. The number of hydrogen-bond acceptors (Lipinski definition) is 6. The Balaban J connectivity index is 1.26. The van der Waals surface area contributed by atoms with E-state index < -0.39 is 0 Å². The van der Waals surface area contributed by atoms with Gasteiger partial charge >= 0.3 is 0 Å². The van der Waals surface area contributed by atoms with Crippen LogP contribution in [0, 0.1) is 0 Å². The SMILES string of the molecule is O=C(CSc1nnc(COc2ccc3c(c2)CCCC3)o1)Nc1ccc(Cl)cc1Cl. The van der Waals surface area contributed by atoms with Gasteiger partial charge in [0.25, 0.3) is 11.1 Å². The van der Waals surface area contributed by atoms with E-state index in [0.29, 0.717) is 26.8 Å². The summed E-state index contributed by atoms with van der Waals surface area (Å²) in [6, 6.07) is 11.1. The third-order valence-corrected chi connectivity index (χ3v) is 6.03. The molecule has 1 amide bonds. The molecule has 30 heavy (non-hydrogen) atoms. The quantitative estimate of drug-likeness (QED) is 0.461. The van der Waals surface area contributed by atoms with Gasteiger partial charge in [0.15, 0.2) is 6.61 Å². The molecule has 0 saturated carbocycles.